The Balaban J connectivity index is 2.15. The van der Waals surface area contributed by atoms with Crippen molar-refractivity contribution in [1.82, 2.24) is 19.9 Å². The molecule has 3 aromatic heterocycles. The van der Waals surface area contributed by atoms with Crippen LogP contribution in [0.3, 0.4) is 0 Å². The van der Waals surface area contributed by atoms with E-state index in [-0.39, 0.29) is 0 Å². The average molecular weight is 601 g/mol. The molecule has 0 radical (unpaired) electrons. The van der Waals surface area contributed by atoms with Gasteiger partial charge in [-0.05, 0) is 68.9 Å². The van der Waals surface area contributed by atoms with E-state index in [9.17, 15) is 10.4 Å². The summed E-state index contributed by atoms with van der Waals surface area (Å²) in [5.74, 6) is 1.22. The molecular formula is C33H40N6O5. The second kappa shape index (κ2) is 13.8. The summed E-state index contributed by atoms with van der Waals surface area (Å²) < 4.78 is 22.9. The first kappa shape index (κ1) is 32.3. The lowest BCUT2D eigenvalue weighted by Gasteiger charge is -2.39. The molecule has 44 heavy (non-hydrogen) atoms. The topological polar surface area (TPSA) is 126 Å². The van der Waals surface area contributed by atoms with Crippen molar-refractivity contribution < 1.29 is 24.1 Å². The molecule has 1 N–H and O–H groups in total. The van der Waals surface area contributed by atoms with Gasteiger partial charge in [0, 0.05) is 55.7 Å². The first-order valence-electron chi connectivity index (χ1n) is 14.2. The lowest BCUT2D eigenvalue weighted by Crippen LogP contribution is -2.38. The zero-order valence-corrected chi connectivity index (χ0v) is 26.6. The zero-order chi connectivity index (χ0) is 32.0. The molecule has 0 unspecified atom stereocenters. The number of anilines is 1. The van der Waals surface area contributed by atoms with E-state index in [2.05, 4.69) is 16.0 Å². The molecule has 0 aliphatic rings. The standard InChI is InChI=1S/C33H40N6O5/c1-9-44-30-17-23(16-27(36-30)39(4)5)31(25-15-22-14-21(20-34)10-11-26(22)35-32(25)43-8)33(40,12-13-38(2)3)24-18-28(41-6)37-29(19-24)42-7/h10-11,14-19,31,40H,9,12-13H2,1-8H3/t31-,33-/m1/s1. The molecule has 4 aromatic rings. The van der Waals surface area contributed by atoms with Crippen LogP contribution in [0.4, 0.5) is 5.82 Å². The predicted octanol–water partition coefficient (Wildman–Crippen LogP) is 4.36. The van der Waals surface area contributed by atoms with E-state index < -0.39 is 11.5 Å². The normalized spacial score (nSPS) is 13.2. The SMILES string of the molecule is CCOc1cc([C@H](c2cc3cc(C#N)ccc3nc2OC)[C@@](O)(CCN(C)C)c2cc(OC)nc(OC)c2)cc(N(C)C)n1. The molecule has 3 heterocycles. The summed E-state index contributed by atoms with van der Waals surface area (Å²) in [5, 5.41) is 23.6. The number of pyridine rings is 3. The summed E-state index contributed by atoms with van der Waals surface area (Å²) in [5.41, 5.74) is 1.44. The number of aliphatic hydroxyl groups is 1. The minimum Gasteiger partial charge on any atom is -0.481 e. The number of rotatable bonds is 13. The fraction of sp³-hybridized carbons (Fsp3) is 0.394. The molecule has 0 aliphatic heterocycles. The molecule has 11 heteroatoms. The summed E-state index contributed by atoms with van der Waals surface area (Å²) in [4.78, 5) is 17.8. The first-order valence-corrected chi connectivity index (χ1v) is 14.2. The number of nitrogens with zero attached hydrogens (tertiary/aromatic N) is 6. The van der Waals surface area contributed by atoms with Crippen molar-refractivity contribution in [3.63, 3.8) is 0 Å². The quantitative estimate of drug-likeness (QED) is 0.235. The van der Waals surface area contributed by atoms with Crippen molar-refractivity contribution in [2.24, 2.45) is 0 Å². The van der Waals surface area contributed by atoms with Crippen molar-refractivity contribution >= 4 is 16.7 Å². The monoisotopic (exact) mass is 600 g/mol. The highest BCUT2D eigenvalue weighted by Crippen LogP contribution is 2.49. The molecule has 1 aromatic carbocycles. The molecule has 0 spiro atoms. The van der Waals surface area contributed by atoms with Crippen LogP contribution < -0.4 is 23.8 Å². The van der Waals surface area contributed by atoms with Crippen LogP contribution in [-0.2, 0) is 5.60 Å². The molecule has 2 atom stereocenters. The Morgan fingerprint density at radius 1 is 0.886 bits per heavy atom. The van der Waals surface area contributed by atoms with Crippen LogP contribution in [0.15, 0.2) is 48.5 Å². The number of benzene rings is 1. The highest BCUT2D eigenvalue weighted by molar-refractivity contribution is 5.82. The van der Waals surface area contributed by atoms with Gasteiger partial charge in [0.15, 0.2) is 0 Å². The maximum absolute atomic E-state index is 13.2. The van der Waals surface area contributed by atoms with Crippen LogP contribution in [0.5, 0.6) is 23.5 Å². The van der Waals surface area contributed by atoms with Gasteiger partial charge in [-0.3, -0.25) is 0 Å². The van der Waals surface area contributed by atoms with Crippen molar-refractivity contribution in [3.8, 4) is 29.6 Å². The largest absolute Gasteiger partial charge is 0.481 e. The third-order valence-corrected chi connectivity index (χ3v) is 7.45. The fourth-order valence-electron chi connectivity index (χ4n) is 5.25. The van der Waals surface area contributed by atoms with Gasteiger partial charge in [0.2, 0.25) is 23.5 Å². The van der Waals surface area contributed by atoms with E-state index in [1.165, 1.54) is 14.2 Å². The van der Waals surface area contributed by atoms with Crippen molar-refractivity contribution in [1.29, 1.82) is 5.26 Å². The Labute approximate surface area is 258 Å². The summed E-state index contributed by atoms with van der Waals surface area (Å²) in [6, 6.07) is 16.6. The number of hydrogen-bond acceptors (Lipinski definition) is 11. The van der Waals surface area contributed by atoms with E-state index >= 15 is 0 Å². The van der Waals surface area contributed by atoms with Crippen LogP contribution in [0.25, 0.3) is 10.9 Å². The third kappa shape index (κ3) is 6.77. The summed E-state index contributed by atoms with van der Waals surface area (Å²) in [7, 11) is 12.3. The second-order valence-corrected chi connectivity index (χ2v) is 10.9. The van der Waals surface area contributed by atoms with Gasteiger partial charge in [-0.2, -0.15) is 15.2 Å². The van der Waals surface area contributed by atoms with Crippen molar-refractivity contribution in [2.75, 3.05) is 67.6 Å². The van der Waals surface area contributed by atoms with E-state index in [4.69, 9.17) is 23.9 Å². The van der Waals surface area contributed by atoms with Gasteiger partial charge in [-0.1, -0.05) is 0 Å². The number of methoxy groups -OCH3 is 3. The second-order valence-electron chi connectivity index (χ2n) is 10.9. The van der Waals surface area contributed by atoms with E-state index in [0.29, 0.717) is 71.1 Å². The molecule has 232 valence electrons. The average Bonchev–Trinajstić information content (AvgIpc) is 3.02. The minimum absolute atomic E-state index is 0.294. The Morgan fingerprint density at radius 2 is 1.59 bits per heavy atom. The molecule has 4 rings (SSSR count). The van der Waals surface area contributed by atoms with Crippen molar-refractivity contribution in [3.05, 3.63) is 70.8 Å². The molecule has 11 nitrogen and oxygen atoms in total. The Kier molecular flexibility index (Phi) is 10.1. The number of fused-ring (bicyclic) bond motifs is 1. The van der Waals surface area contributed by atoms with Gasteiger partial charge in [0.25, 0.3) is 0 Å². The number of ether oxygens (including phenoxy) is 4. The van der Waals surface area contributed by atoms with Gasteiger partial charge >= 0.3 is 0 Å². The molecule has 0 aliphatic carbocycles. The van der Waals surface area contributed by atoms with Gasteiger partial charge in [0.05, 0.1) is 45.1 Å². The van der Waals surface area contributed by atoms with Crippen LogP contribution in [-0.4, -0.2) is 87.6 Å². The summed E-state index contributed by atoms with van der Waals surface area (Å²) in [6.07, 6.45) is 0.296. The number of aromatic nitrogens is 3. The highest BCUT2D eigenvalue weighted by Gasteiger charge is 2.43. The molecule has 0 fully saturated rings. The number of hydrogen-bond donors (Lipinski definition) is 1. The van der Waals surface area contributed by atoms with Crippen molar-refractivity contribution in [2.45, 2.75) is 24.9 Å². The summed E-state index contributed by atoms with van der Waals surface area (Å²) in [6.45, 7) is 2.84. The minimum atomic E-state index is -1.59. The predicted molar refractivity (Wildman–Crippen MR) is 169 cm³/mol. The maximum Gasteiger partial charge on any atom is 0.217 e. The highest BCUT2D eigenvalue weighted by atomic mass is 16.5. The molecule has 0 amide bonds. The first-order chi connectivity index (χ1) is 21.1. The molecule has 0 saturated carbocycles. The Bertz CT molecular complexity index is 1630. The zero-order valence-electron chi connectivity index (χ0n) is 26.6. The van der Waals surface area contributed by atoms with E-state index in [1.807, 2.05) is 63.1 Å². The Hall–Kier alpha value is -4.66. The van der Waals surface area contributed by atoms with Crippen LogP contribution in [0.2, 0.25) is 0 Å². The van der Waals surface area contributed by atoms with E-state index in [1.54, 1.807) is 37.4 Å². The lowest BCUT2D eigenvalue weighted by molar-refractivity contribution is 0.00325. The van der Waals surface area contributed by atoms with Gasteiger partial charge < -0.3 is 33.9 Å². The smallest absolute Gasteiger partial charge is 0.217 e. The van der Waals surface area contributed by atoms with Crippen LogP contribution >= 0.6 is 0 Å². The maximum atomic E-state index is 13.2. The van der Waals surface area contributed by atoms with E-state index in [0.717, 1.165) is 10.9 Å². The summed E-state index contributed by atoms with van der Waals surface area (Å²) >= 11 is 0. The number of nitriles is 1. The fourth-order valence-corrected chi connectivity index (χ4v) is 5.25. The molecule has 0 bridgehead atoms. The van der Waals surface area contributed by atoms with Gasteiger partial charge in [-0.25, -0.2) is 4.98 Å². The molecule has 0 saturated heterocycles. The van der Waals surface area contributed by atoms with Crippen LogP contribution in [0.1, 0.15) is 41.5 Å². The van der Waals surface area contributed by atoms with Crippen LogP contribution in [0, 0.1) is 11.3 Å². The van der Waals surface area contributed by atoms with Gasteiger partial charge in [0.1, 0.15) is 11.4 Å². The molecular weight excluding hydrogens is 560 g/mol. The third-order valence-electron chi connectivity index (χ3n) is 7.45. The van der Waals surface area contributed by atoms with Gasteiger partial charge in [-0.15, -0.1) is 0 Å². The lowest BCUT2D eigenvalue weighted by atomic mass is 9.72. The Morgan fingerprint density at radius 3 is 2.16 bits per heavy atom.